The zero-order chi connectivity index (χ0) is 30.4. The van der Waals surface area contributed by atoms with Gasteiger partial charge in [0, 0.05) is 48.4 Å². The first-order valence-electron chi connectivity index (χ1n) is 14.1. The lowest BCUT2D eigenvalue weighted by molar-refractivity contribution is -0.120. The van der Waals surface area contributed by atoms with Crippen LogP contribution >= 0.6 is 22.6 Å². The minimum atomic E-state index is -0.570. The van der Waals surface area contributed by atoms with Crippen molar-refractivity contribution in [2.75, 3.05) is 18.5 Å². The fourth-order valence-electron chi connectivity index (χ4n) is 6.03. The molecular formula is C33H35FINO6. The molecule has 2 aliphatic carbocycles. The van der Waals surface area contributed by atoms with Crippen molar-refractivity contribution in [3.63, 3.8) is 0 Å². The fourth-order valence-corrected chi connectivity index (χ4v) is 6.81. The van der Waals surface area contributed by atoms with Gasteiger partial charge < -0.3 is 19.5 Å². The number of Topliss-reactive ketones (excluding diaryl/α,β-unsaturated/α-hetero) is 2. The summed E-state index contributed by atoms with van der Waals surface area (Å²) in [5.41, 5.74) is 1.80. The van der Waals surface area contributed by atoms with E-state index in [0.717, 1.165) is 5.56 Å². The molecule has 222 valence electrons. The lowest BCUT2D eigenvalue weighted by Gasteiger charge is -2.42. The fraction of sp³-hybridized carbons (Fsp3) is 0.424. The molecule has 2 aromatic carbocycles. The summed E-state index contributed by atoms with van der Waals surface area (Å²) in [5.74, 6) is 0.695. The second-order valence-electron chi connectivity index (χ2n) is 12.7. The molecule has 0 saturated carbocycles. The molecule has 0 fully saturated rings. The van der Waals surface area contributed by atoms with E-state index in [0.29, 0.717) is 75.7 Å². The molecule has 7 nitrogen and oxygen atoms in total. The molecule has 42 heavy (non-hydrogen) atoms. The number of rotatable bonds is 7. The Morgan fingerprint density at radius 1 is 0.952 bits per heavy atom. The quantitative estimate of drug-likeness (QED) is 0.309. The van der Waals surface area contributed by atoms with E-state index < -0.39 is 17.6 Å². The van der Waals surface area contributed by atoms with Crippen molar-refractivity contribution in [3.05, 3.63) is 74.0 Å². The van der Waals surface area contributed by atoms with Crippen LogP contribution in [-0.4, -0.2) is 30.7 Å². The SMILES string of the molecule is CCOc1cc(C2C3=C(CC(C)(C)CC3=O)OC3=C2C(=O)CC(C)(C)C3)cc(I)c1OCC(=O)Nc1ccc(F)cc1. The highest BCUT2D eigenvalue weighted by Gasteiger charge is 2.48. The van der Waals surface area contributed by atoms with Crippen LogP contribution in [0.25, 0.3) is 0 Å². The van der Waals surface area contributed by atoms with Gasteiger partial charge in [0.2, 0.25) is 0 Å². The lowest BCUT2D eigenvalue weighted by Crippen LogP contribution is -2.37. The summed E-state index contributed by atoms with van der Waals surface area (Å²) < 4.78 is 32.2. The van der Waals surface area contributed by atoms with Gasteiger partial charge in [0.05, 0.1) is 10.2 Å². The zero-order valence-corrected chi connectivity index (χ0v) is 26.6. The number of allylic oxidation sites excluding steroid dienone is 4. The summed E-state index contributed by atoms with van der Waals surface area (Å²) >= 11 is 2.13. The first-order chi connectivity index (χ1) is 19.8. The number of hydrogen-bond acceptors (Lipinski definition) is 6. The zero-order valence-electron chi connectivity index (χ0n) is 24.5. The minimum absolute atomic E-state index is 0.0128. The molecule has 1 N–H and O–H groups in total. The van der Waals surface area contributed by atoms with E-state index in [1.165, 1.54) is 24.3 Å². The molecule has 0 atom stereocenters. The number of anilines is 1. The number of carbonyl (C=O) groups excluding carboxylic acids is 3. The monoisotopic (exact) mass is 687 g/mol. The molecule has 2 aromatic rings. The van der Waals surface area contributed by atoms with Gasteiger partial charge in [0.1, 0.15) is 17.3 Å². The molecule has 9 heteroatoms. The van der Waals surface area contributed by atoms with Crippen LogP contribution < -0.4 is 14.8 Å². The highest BCUT2D eigenvalue weighted by Crippen LogP contribution is 2.54. The van der Waals surface area contributed by atoms with E-state index in [-0.39, 0.29) is 29.0 Å². The molecule has 0 unspecified atom stereocenters. The van der Waals surface area contributed by atoms with E-state index in [9.17, 15) is 18.8 Å². The Morgan fingerprint density at radius 3 is 2.07 bits per heavy atom. The van der Waals surface area contributed by atoms with Gasteiger partial charge in [-0.1, -0.05) is 27.7 Å². The van der Waals surface area contributed by atoms with Crippen LogP contribution in [0, 0.1) is 20.2 Å². The lowest BCUT2D eigenvalue weighted by atomic mass is 9.65. The Bertz CT molecular complexity index is 1470. The van der Waals surface area contributed by atoms with Crippen LogP contribution in [-0.2, 0) is 19.1 Å². The normalized spacial score (nSPS) is 19.6. The first-order valence-corrected chi connectivity index (χ1v) is 15.2. The summed E-state index contributed by atoms with van der Waals surface area (Å²) in [7, 11) is 0. The van der Waals surface area contributed by atoms with Crippen LogP contribution in [0.1, 0.15) is 71.8 Å². The van der Waals surface area contributed by atoms with E-state index >= 15 is 0 Å². The van der Waals surface area contributed by atoms with Crippen molar-refractivity contribution >= 4 is 45.8 Å². The average molecular weight is 688 g/mol. The maximum absolute atomic E-state index is 13.7. The van der Waals surface area contributed by atoms with Crippen molar-refractivity contribution in [1.29, 1.82) is 0 Å². The molecule has 0 saturated heterocycles. The van der Waals surface area contributed by atoms with Crippen molar-refractivity contribution in [3.8, 4) is 11.5 Å². The van der Waals surface area contributed by atoms with Gasteiger partial charge in [-0.2, -0.15) is 0 Å². The predicted molar refractivity (Wildman–Crippen MR) is 165 cm³/mol. The summed E-state index contributed by atoms with van der Waals surface area (Å²) in [6.45, 7) is 10.1. The summed E-state index contributed by atoms with van der Waals surface area (Å²) in [6.07, 6.45) is 1.95. The van der Waals surface area contributed by atoms with Gasteiger partial charge in [-0.3, -0.25) is 14.4 Å². The van der Waals surface area contributed by atoms with Crippen LogP contribution in [0.2, 0.25) is 0 Å². The highest BCUT2D eigenvalue weighted by molar-refractivity contribution is 14.1. The Kier molecular flexibility index (Phi) is 8.26. The van der Waals surface area contributed by atoms with Crippen molar-refractivity contribution in [1.82, 2.24) is 0 Å². The molecule has 0 spiro atoms. The summed E-state index contributed by atoms with van der Waals surface area (Å²) in [5, 5.41) is 2.68. The molecule has 5 rings (SSSR count). The first kappa shape index (κ1) is 30.3. The molecule has 1 aliphatic heterocycles. The maximum Gasteiger partial charge on any atom is 0.262 e. The number of nitrogens with one attached hydrogen (secondary N) is 1. The third-order valence-corrected chi connectivity index (χ3v) is 8.52. The number of amides is 1. The van der Waals surface area contributed by atoms with Gasteiger partial charge in [0.25, 0.3) is 5.91 Å². The van der Waals surface area contributed by atoms with Crippen molar-refractivity contribution in [2.45, 2.75) is 66.2 Å². The molecule has 1 heterocycles. The van der Waals surface area contributed by atoms with Gasteiger partial charge in [-0.15, -0.1) is 0 Å². The van der Waals surface area contributed by atoms with Crippen LogP contribution in [0.5, 0.6) is 11.5 Å². The smallest absolute Gasteiger partial charge is 0.262 e. The van der Waals surface area contributed by atoms with Crippen molar-refractivity contribution in [2.24, 2.45) is 10.8 Å². The molecule has 0 aromatic heterocycles. The maximum atomic E-state index is 13.7. The number of ether oxygens (including phenoxy) is 3. The van der Waals surface area contributed by atoms with Crippen LogP contribution in [0.15, 0.2) is 59.1 Å². The Balaban J connectivity index is 1.52. The third kappa shape index (κ3) is 6.26. The van der Waals surface area contributed by atoms with Gasteiger partial charge in [-0.05, 0) is 82.3 Å². The molecule has 0 radical (unpaired) electrons. The predicted octanol–water partition coefficient (Wildman–Crippen LogP) is 7.25. The number of carbonyl (C=O) groups is 3. The third-order valence-electron chi connectivity index (χ3n) is 7.72. The molecular weight excluding hydrogens is 652 g/mol. The van der Waals surface area contributed by atoms with E-state index in [1.807, 2.05) is 19.1 Å². The largest absolute Gasteiger partial charge is 0.490 e. The van der Waals surface area contributed by atoms with Gasteiger partial charge in [0.15, 0.2) is 29.7 Å². The Morgan fingerprint density at radius 2 is 1.52 bits per heavy atom. The Hall–Kier alpha value is -3.21. The molecule has 3 aliphatic rings. The highest BCUT2D eigenvalue weighted by atomic mass is 127. The summed E-state index contributed by atoms with van der Waals surface area (Å²) in [6, 6.07) is 9.17. The van der Waals surface area contributed by atoms with Gasteiger partial charge >= 0.3 is 0 Å². The van der Waals surface area contributed by atoms with Crippen LogP contribution in [0.3, 0.4) is 0 Å². The number of hydrogen-bond donors (Lipinski definition) is 1. The van der Waals surface area contributed by atoms with E-state index in [2.05, 4.69) is 55.6 Å². The standard InChI is InChI=1S/C33H35FINO6/c1-6-40-24-12-18(11-21(35)31(24)41-17-27(39)36-20-9-7-19(34)8-10-20)28-29-22(37)13-32(2,3)15-25(29)42-26-16-33(4,5)14-23(38)30(26)28/h7-12,28H,6,13-17H2,1-5H3,(H,36,39). The molecule has 0 bridgehead atoms. The van der Waals surface area contributed by atoms with E-state index in [4.69, 9.17) is 14.2 Å². The second-order valence-corrected chi connectivity index (χ2v) is 13.9. The van der Waals surface area contributed by atoms with Gasteiger partial charge in [-0.25, -0.2) is 4.39 Å². The van der Waals surface area contributed by atoms with Crippen LogP contribution in [0.4, 0.5) is 10.1 Å². The topological polar surface area (TPSA) is 90.9 Å². The number of benzene rings is 2. The summed E-state index contributed by atoms with van der Waals surface area (Å²) in [4.78, 5) is 39.9. The number of halogens is 2. The minimum Gasteiger partial charge on any atom is -0.490 e. The average Bonchev–Trinajstić information content (AvgIpc) is 2.87. The van der Waals surface area contributed by atoms with Crippen molar-refractivity contribution < 1.29 is 33.0 Å². The second kappa shape index (κ2) is 11.5. The molecule has 1 amide bonds. The Labute approximate surface area is 259 Å². The number of ketones is 2. The van der Waals surface area contributed by atoms with E-state index in [1.54, 1.807) is 0 Å².